The summed E-state index contributed by atoms with van der Waals surface area (Å²) in [6, 6.07) is 16.8. The van der Waals surface area contributed by atoms with Crippen molar-refractivity contribution in [2.45, 2.75) is 52.4 Å². The number of carbonyl (C=O) groups excluding carboxylic acids is 2. The highest BCUT2D eigenvalue weighted by atomic mass is 16.6. The molecule has 0 aromatic heterocycles. The maximum absolute atomic E-state index is 12.4. The van der Waals surface area contributed by atoms with E-state index in [1.54, 1.807) is 24.3 Å². The second kappa shape index (κ2) is 7.66. The normalized spacial score (nSPS) is 21.4. The first-order valence-electron chi connectivity index (χ1n) is 9.58. The molecule has 2 aromatic rings. The molecule has 0 bridgehead atoms. The molecule has 0 unspecified atom stereocenters. The van der Waals surface area contributed by atoms with Gasteiger partial charge in [-0.25, -0.2) is 4.79 Å². The van der Waals surface area contributed by atoms with Crippen molar-refractivity contribution in [1.29, 1.82) is 0 Å². The van der Waals surface area contributed by atoms with E-state index >= 15 is 0 Å². The molecule has 0 saturated carbocycles. The number of hydrogen-bond donors (Lipinski definition) is 1. The molecule has 1 amide bonds. The van der Waals surface area contributed by atoms with E-state index in [4.69, 9.17) is 9.47 Å². The molecule has 5 heteroatoms. The van der Waals surface area contributed by atoms with Crippen LogP contribution in [0.5, 0.6) is 5.75 Å². The summed E-state index contributed by atoms with van der Waals surface area (Å²) in [5.41, 5.74) is 0.435. The van der Waals surface area contributed by atoms with E-state index in [0.29, 0.717) is 24.2 Å². The maximum atomic E-state index is 12.4. The number of esters is 1. The average Bonchev–Trinajstić information content (AvgIpc) is 2.65. The average molecular weight is 381 g/mol. The fourth-order valence-corrected chi connectivity index (χ4v) is 3.33. The number of amides is 1. The number of nitrogens with one attached hydrogen (secondary N) is 1. The predicted molar refractivity (Wildman–Crippen MR) is 107 cm³/mol. The van der Waals surface area contributed by atoms with Crippen LogP contribution in [0.2, 0.25) is 0 Å². The first kappa shape index (κ1) is 19.9. The van der Waals surface area contributed by atoms with E-state index < -0.39 is 17.2 Å². The first-order chi connectivity index (χ1) is 13.2. The van der Waals surface area contributed by atoms with Crippen molar-refractivity contribution >= 4 is 11.9 Å². The van der Waals surface area contributed by atoms with Gasteiger partial charge in [0.05, 0.1) is 5.56 Å². The number of rotatable bonds is 6. The van der Waals surface area contributed by atoms with Crippen LogP contribution in [0.25, 0.3) is 0 Å². The van der Waals surface area contributed by atoms with Gasteiger partial charge in [-0.15, -0.1) is 0 Å². The quantitative estimate of drug-likeness (QED) is 0.604. The summed E-state index contributed by atoms with van der Waals surface area (Å²) in [4.78, 5) is 24.5. The number of ether oxygens (including phenoxy) is 2. The lowest BCUT2D eigenvalue weighted by atomic mass is 9.71. The molecule has 2 aromatic carbocycles. The number of carbonyl (C=O) groups is 2. The van der Waals surface area contributed by atoms with Crippen LogP contribution in [0.1, 0.15) is 50.0 Å². The molecule has 1 saturated heterocycles. The molecule has 5 nitrogen and oxygen atoms in total. The summed E-state index contributed by atoms with van der Waals surface area (Å²) < 4.78 is 11.4. The van der Waals surface area contributed by atoms with Gasteiger partial charge in [-0.05, 0) is 63.4 Å². The van der Waals surface area contributed by atoms with Gasteiger partial charge < -0.3 is 14.8 Å². The van der Waals surface area contributed by atoms with Crippen molar-refractivity contribution in [1.82, 2.24) is 5.32 Å². The van der Waals surface area contributed by atoms with Gasteiger partial charge in [-0.3, -0.25) is 4.79 Å². The highest BCUT2D eigenvalue weighted by molar-refractivity contribution is 5.90. The zero-order chi connectivity index (χ0) is 20.4. The Morgan fingerprint density at radius 1 is 1.07 bits per heavy atom. The third kappa shape index (κ3) is 4.19. The van der Waals surface area contributed by atoms with E-state index in [9.17, 15) is 9.59 Å². The Labute approximate surface area is 166 Å². The lowest BCUT2D eigenvalue weighted by Gasteiger charge is -2.47. The molecule has 148 valence electrons. The van der Waals surface area contributed by atoms with Gasteiger partial charge in [0.1, 0.15) is 16.8 Å². The SMILES string of the molecule is CC[C@@]1(Cc2ccccc2)C(=O)N[C@H]1Oc1ccc(C(=O)OC(C)(C)C)cc1. The van der Waals surface area contributed by atoms with Crippen LogP contribution >= 0.6 is 0 Å². The van der Waals surface area contributed by atoms with Gasteiger partial charge in [0, 0.05) is 0 Å². The molecular weight excluding hydrogens is 354 g/mol. The molecule has 1 fully saturated rings. The molecule has 1 aliphatic heterocycles. The molecule has 0 spiro atoms. The van der Waals surface area contributed by atoms with Crippen LogP contribution in [0.15, 0.2) is 54.6 Å². The van der Waals surface area contributed by atoms with Crippen LogP contribution < -0.4 is 10.1 Å². The summed E-state index contributed by atoms with van der Waals surface area (Å²) in [6.45, 7) is 7.50. The lowest BCUT2D eigenvalue weighted by molar-refractivity contribution is -0.161. The van der Waals surface area contributed by atoms with Crippen molar-refractivity contribution < 1.29 is 19.1 Å². The van der Waals surface area contributed by atoms with Crippen molar-refractivity contribution in [3.63, 3.8) is 0 Å². The van der Waals surface area contributed by atoms with Crippen molar-refractivity contribution in [3.05, 3.63) is 65.7 Å². The minimum atomic E-state index is -0.592. The Kier molecular flexibility index (Phi) is 5.45. The zero-order valence-electron chi connectivity index (χ0n) is 16.8. The number of benzene rings is 2. The molecule has 1 aliphatic rings. The smallest absolute Gasteiger partial charge is 0.338 e. The third-order valence-corrected chi connectivity index (χ3v) is 4.95. The Morgan fingerprint density at radius 3 is 2.25 bits per heavy atom. The van der Waals surface area contributed by atoms with E-state index in [1.807, 2.05) is 58.0 Å². The first-order valence-corrected chi connectivity index (χ1v) is 9.58. The van der Waals surface area contributed by atoms with Crippen molar-refractivity contribution in [2.75, 3.05) is 0 Å². The summed E-state index contributed by atoms with van der Waals surface area (Å²) in [5, 5.41) is 2.87. The van der Waals surface area contributed by atoms with Crippen LogP contribution in [-0.2, 0) is 16.0 Å². The Morgan fingerprint density at radius 2 is 1.71 bits per heavy atom. The van der Waals surface area contributed by atoms with Gasteiger partial charge in [0.25, 0.3) is 0 Å². The van der Waals surface area contributed by atoms with Crippen molar-refractivity contribution in [2.24, 2.45) is 5.41 Å². The molecule has 2 atom stereocenters. The number of β-lactam (4-membered cyclic amide) rings is 1. The fraction of sp³-hybridized carbons (Fsp3) is 0.391. The highest BCUT2D eigenvalue weighted by Crippen LogP contribution is 2.39. The van der Waals surface area contributed by atoms with Gasteiger partial charge >= 0.3 is 5.97 Å². The second-order valence-corrected chi connectivity index (χ2v) is 8.17. The Balaban J connectivity index is 1.70. The molecule has 0 aliphatic carbocycles. The topological polar surface area (TPSA) is 64.6 Å². The lowest BCUT2D eigenvalue weighted by Crippen LogP contribution is -2.70. The Hall–Kier alpha value is -2.82. The zero-order valence-corrected chi connectivity index (χ0v) is 16.8. The summed E-state index contributed by atoms with van der Waals surface area (Å²) in [6.07, 6.45) is 0.892. The summed E-state index contributed by atoms with van der Waals surface area (Å²) in [5.74, 6) is 0.236. The summed E-state index contributed by atoms with van der Waals surface area (Å²) in [7, 11) is 0. The molecule has 0 radical (unpaired) electrons. The highest BCUT2D eigenvalue weighted by Gasteiger charge is 2.55. The fourth-order valence-electron chi connectivity index (χ4n) is 3.33. The molecule has 1 N–H and O–H groups in total. The number of hydrogen-bond acceptors (Lipinski definition) is 4. The van der Waals surface area contributed by atoms with Crippen LogP contribution in [-0.4, -0.2) is 23.7 Å². The van der Waals surface area contributed by atoms with E-state index in [-0.39, 0.29) is 11.9 Å². The monoisotopic (exact) mass is 381 g/mol. The largest absolute Gasteiger partial charge is 0.469 e. The molecule has 28 heavy (non-hydrogen) atoms. The van der Waals surface area contributed by atoms with Crippen LogP contribution in [0.4, 0.5) is 0 Å². The third-order valence-electron chi connectivity index (χ3n) is 4.95. The maximum Gasteiger partial charge on any atom is 0.338 e. The van der Waals surface area contributed by atoms with E-state index in [0.717, 1.165) is 5.56 Å². The minimum Gasteiger partial charge on any atom is -0.469 e. The second-order valence-electron chi connectivity index (χ2n) is 8.17. The van der Waals surface area contributed by atoms with Crippen LogP contribution in [0, 0.1) is 5.41 Å². The van der Waals surface area contributed by atoms with Gasteiger partial charge in [-0.1, -0.05) is 37.3 Å². The van der Waals surface area contributed by atoms with Gasteiger partial charge in [0.15, 0.2) is 6.23 Å². The Bertz CT molecular complexity index is 839. The minimum absolute atomic E-state index is 0.00854. The summed E-state index contributed by atoms with van der Waals surface area (Å²) >= 11 is 0. The van der Waals surface area contributed by atoms with Crippen LogP contribution in [0.3, 0.4) is 0 Å². The van der Waals surface area contributed by atoms with Crippen molar-refractivity contribution in [3.8, 4) is 5.75 Å². The molecule has 3 rings (SSSR count). The predicted octanol–water partition coefficient (Wildman–Crippen LogP) is 4.12. The van der Waals surface area contributed by atoms with E-state index in [1.165, 1.54) is 0 Å². The van der Waals surface area contributed by atoms with E-state index in [2.05, 4.69) is 5.32 Å². The molecular formula is C23H27NO4. The van der Waals surface area contributed by atoms with Gasteiger partial charge in [0.2, 0.25) is 5.91 Å². The standard InChI is InChI=1S/C23H27NO4/c1-5-23(15-16-9-7-6-8-10-16)20(26)24-21(23)27-18-13-11-17(12-14-18)19(25)28-22(2,3)4/h6-14,21H,5,15H2,1-4H3,(H,24,26)/t21-,23+/m0/s1. The molecule has 1 heterocycles. The van der Waals surface area contributed by atoms with Gasteiger partial charge in [-0.2, -0.15) is 0 Å².